The average Bonchev–Trinajstić information content (AvgIpc) is 3.36. The molecular formula is C29H28F3N5O2. The Morgan fingerprint density at radius 3 is 2.41 bits per heavy atom. The molecule has 0 fully saturated rings. The molecule has 2 heterocycles. The van der Waals surface area contributed by atoms with E-state index in [1.807, 2.05) is 13.8 Å². The van der Waals surface area contributed by atoms with Crippen molar-refractivity contribution in [2.75, 3.05) is 7.05 Å². The van der Waals surface area contributed by atoms with Crippen LogP contribution < -0.4 is 10.6 Å². The lowest BCUT2D eigenvalue weighted by Crippen LogP contribution is -2.34. The van der Waals surface area contributed by atoms with E-state index in [1.54, 1.807) is 29.1 Å². The predicted octanol–water partition coefficient (Wildman–Crippen LogP) is 4.95. The maximum absolute atomic E-state index is 14.4. The molecule has 2 aromatic heterocycles. The van der Waals surface area contributed by atoms with Crippen LogP contribution >= 0.6 is 0 Å². The molecule has 1 atom stereocenters. The topological polar surface area (TPSA) is 88.9 Å². The van der Waals surface area contributed by atoms with Crippen LogP contribution in [0.15, 0.2) is 67.1 Å². The second-order valence-electron chi connectivity index (χ2n) is 9.38. The Bertz CT molecular complexity index is 1480. The number of nitrogens with one attached hydrogen (secondary N) is 2. The van der Waals surface area contributed by atoms with Crippen LogP contribution in [0, 0.1) is 17.5 Å². The highest BCUT2D eigenvalue weighted by Crippen LogP contribution is 2.30. The van der Waals surface area contributed by atoms with Crippen molar-refractivity contribution in [3.05, 3.63) is 107 Å². The van der Waals surface area contributed by atoms with Gasteiger partial charge in [0.1, 0.15) is 29.8 Å². The lowest BCUT2D eigenvalue weighted by Gasteiger charge is -2.22. The zero-order chi connectivity index (χ0) is 28.1. The van der Waals surface area contributed by atoms with E-state index >= 15 is 0 Å². The summed E-state index contributed by atoms with van der Waals surface area (Å²) >= 11 is 0. The van der Waals surface area contributed by atoms with E-state index in [9.17, 15) is 22.8 Å². The molecule has 0 aliphatic rings. The molecule has 2 N–H and O–H groups in total. The summed E-state index contributed by atoms with van der Waals surface area (Å²) in [6, 6.07) is 9.82. The van der Waals surface area contributed by atoms with E-state index in [1.165, 1.54) is 43.6 Å². The number of amides is 2. The summed E-state index contributed by atoms with van der Waals surface area (Å²) in [6.07, 6.45) is 4.87. The molecule has 2 aromatic carbocycles. The van der Waals surface area contributed by atoms with Gasteiger partial charge in [0.05, 0.1) is 17.3 Å². The van der Waals surface area contributed by atoms with Crippen molar-refractivity contribution < 1.29 is 22.8 Å². The van der Waals surface area contributed by atoms with Crippen LogP contribution in [0.2, 0.25) is 0 Å². The first-order valence-electron chi connectivity index (χ1n) is 12.4. The highest BCUT2D eigenvalue weighted by atomic mass is 19.1. The van der Waals surface area contributed by atoms with Crippen molar-refractivity contribution in [1.82, 2.24) is 25.2 Å². The van der Waals surface area contributed by atoms with Crippen LogP contribution in [0.25, 0.3) is 11.1 Å². The number of carbonyl (C=O) groups is 2. The highest BCUT2D eigenvalue weighted by molar-refractivity contribution is 5.95. The molecule has 4 aromatic rings. The van der Waals surface area contributed by atoms with Crippen molar-refractivity contribution in [2.24, 2.45) is 0 Å². The zero-order valence-electron chi connectivity index (χ0n) is 21.7. The molecule has 2 amide bonds. The van der Waals surface area contributed by atoms with Gasteiger partial charge in [0, 0.05) is 43.2 Å². The lowest BCUT2D eigenvalue weighted by molar-refractivity contribution is -0.122. The van der Waals surface area contributed by atoms with Crippen molar-refractivity contribution in [1.29, 1.82) is 0 Å². The monoisotopic (exact) mass is 535 g/mol. The van der Waals surface area contributed by atoms with E-state index in [0.717, 1.165) is 11.9 Å². The summed E-state index contributed by atoms with van der Waals surface area (Å²) in [5.41, 5.74) is 1.55. The van der Waals surface area contributed by atoms with Crippen LogP contribution in [-0.2, 0) is 17.8 Å². The maximum Gasteiger partial charge on any atom is 0.254 e. The SMILES string of the molecule is CNC(=O)c1cc(-c2cccnc2[C@H](Cc2cc(F)cc(F)c2)NC(=O)Cn2ccnc2C(C)C)ccc1F. The van der Waals surface area contributed by atoms with Gasteiger partial charge in [-0.25, -0.2) is 18.2 Å². The molecule has 0 aliphatic carbocycles. The summed E-state index contributed by atoms with van der Waals surface area (Å²) < 4.78 is 44.2. The summed E-state index contributed by atoms with van der Waals surface area (Å²) in [7, 11) is 1.40. The van der Waals surface area contributed by atoms with Crippen molar-refractivity contribution in [3.8, 4) is 11.1 Å². The number of nitrogens with zero attached hydrogens (tertiary/aromatic N) is 3. The minimum atomic E-state index is -0.811. The third-order valence-electron chi connectivity index (χ3n) is 6.19. The third-order valence-corrected chi connectivity index (χ3v) is 6.19. The van der Waals surface area contributed by atoms with Crippen LogP contribution in [0.3, 0.4) is 0 Å². The average molecular weight is 536 g/mol. The fraction of sp³-hybridized carbons (Fsp3) is 0.241. The standard InChI is InChI=1S/C29H28F3N5O2/c1-17(2)28-35-9-10-37(28)16-26(38)36-25(13-18-11-20(30)15-21(31)12-18)27-22(5-4-8-34-27)19-6-7-24(32)23(14-19)29(39)33-3/h4-12,14-15,17,25H,13,16H2,1-3H3,(H,33,39)(H,36,38)/t25-/m0/s1. The van der Waals surface area contributed by atoms with E-state index in [2.05, 4.69) is 20.6 Å². The molecule has 0 radical (unpaired) electrons. The molecule has 0 aliphatic heterocycles. The van der Waals surface area contributed by atoms with E-state index in [0.29, 0.717) is 22.4 Å². The van der Waals surface area contributed by atoms with E-state index < -0.39 is 29.4 Å². The molecule has 0 unspecified atom stereocenters. The van der Waals surface area contributed by atoms with Crippen molar-refractivity contribution >= 4 is 11.8 Å². The number of hydrogen-bond acceptors (Lipinski definition) is 4. The Balaban J connectivity index is 1.74. The van der Waals surface area contributed by atoms with Gasteiger partial charge in [0.25, 0.3) is 5.91 Å². The summed E-state index contributed by atoms with van der Waals surface area (Å²) in [6.45, 7) is 3.91. The Morgan fingerprint density at radius 2 is 1.72 bits per heavy atom. The number of rotatable bonds is 9. The summed E-state index contributed by atoms with van der Waals surface area (Å²) in [5.74, 6) is -2.31. The Kier molecular flexibility index (Phi) is 8.43. The molecule has 7 nitrogen and oxygen atoms in total. The summed E-state index contributed by atoms with van der Waals surface area (Å²) in [4.78, 5) is 34.2. The molecular weight excluding hydrogens is 507 g/mol. The van der Waals surface area contributed by atoms with Gasteiger partial charge in [-0.2, -0.15) is 0 Å². The molecule has 0 saturated carbocycles. The van der Waals surface area contributed by atoms with Gasteiger partial charge in [-0.15, -0.1) is 0 Å². The second kappa shape index (κ2) is 11.9. The van der Waals surface area contributed by atoms with Gasteiger partial charge in [0.15, 0.2) is 0 Å². The van der Waals surface area contributed by atoms with E-state index in [4.69, 9.17) is 0 Å². The lowest BCUT2D eigenvalue weighted by atomic mass is 9.94. The first-order valence-corrected chi connectivity index (χ1v) is 12.4. The quantitative estimate of drug-likeness (QED) is 0.318. The normalized spacial score (nSPS) is 11.9. The number of benzene rings is 2. The zero-order valence-corrected chi connectivity index (χ0v) is 21.7. The number of pyridine rings is 1. The molecule has 10 heteroatoms. The first kappa shape index (κ1) is 27.6. The van der Waals surface area contributed by atoms with Gasteiger partial charge in [-0.1, -0.05) is 26.0 Å². The molecule has 0 spiro atoms. The number of imidazole rings is 1. The largest absolute Gasteiger partial charge is 0.355 e. The third kappa shape index (κ3) is 6.51. The van der Waals surface area contributed by atoms with Gasteiger partial charge in [-0.05, 0) is 47.9 Å². The second-order valence-corrected chi connectivity index (χ2v) is 9.38. The first-order chi connectivity index (χ1) is 18.7. The molecule has 4 rings (SSSR count). The number of hydrogen-bond donors (Lipinski definition) is 2. The Morgan fingerprint density at radius 1 is 0.974 bits per heavy atom. The van der Waals surface area contributed by atoms with E-state index in [-0.39, 0.29) is 30.4 Å². The molecule has 0 bridgehead atoms. The van der Waals surface area contributed by atoms with Gasteiger partial charge < -0.3 is 15.2 Å². The van der Waals surface area contributed by atoms with Crippen LogP contribution in [-0.4, -0.2) is 33.4 Å². The van der Waals surface area contributed by atoms with Crippen LogP contribution in [0.5, 0.6) is 0 Å². The fourth-order valence-corrected chi connectivity index (χ4v) is 4.47. The Hall–Kier alpha value is -4.47. The van der Waals surface area contributed by atoms with Crippen LogP contribution in [0.1, 0.15) is 53.2 Å². The van der Waals surface area contributed by atoms with Gasteiger partial charge in [-0.3, -0.25) is 14.6 Å². The minimum absolute atomic E-state index is 0.0227. The van der Waals surface area contributed by atoms with Gasteiger partial charge >= 0.3 is 0 Å². The van der Waals surface area contributed by atoms with Crippen LogP contribution in [0.4, 0.5) is 13.2 Å². The minimum Gasteiger partial charge on any atom is -0.355 e. The molecule has 39 heavy (non-hydrogen) atoms. The predicted molar refractivity (Wildman–Crippen MR) is 140 cm³/mol. The van der Waals surface area contributed by atoms with Crippen molar-refractivity contribution in [2.45, 2.75) is 38.8 Å². The maximum atomic E-state index is 14.4. The molecule has 202 valence electrons. The molecule has 0 saturated heterocycles. The smallest absolute Gasteiger partial charge is 0.254 e. The van der Waals surface area contributed by atoms with Crippen molar-refractivity contribution in [3.63, 3.8) is 0 Å². The summed E-state index contributed by atoms with van der Waals surface area (Å²) in [5, 5.41) is 5.36. The number of aromatic nitrogens is 3. The number of halogens is 3. The number of carbonyl (C=O) groups excluding carboxylic acids is 2. The van der Waals surface area contributed by atoms with Gasteiger partial charge in [0.2, 0.25) is 5.91 Å². The Labute approximate surface area is 224 Å². The highest BCUT2D eigenvalue weighted by Gasteiger charge is 2.23. The fourth-order valence-electron chi connectivity index (χ4n) is 4.47.